The van der Waals surface area contributed by atoms with Crippen LogP contribution in [0.5, 0.6) is 5.75 Å². The third-order valence-corrected chi connectivity index (χ3v) is 4.96. The largest absolute Gasteiger partial charge is 0.497 e. The summed E-state index contributed by atoms with van der Waals surface area (Å²) >= 11 is 6.03. The first-order valence-corrected chi connectivity index (χ1v) is 9.82. The lowest BCUT2D eigenvalue weighted by atomic mass is 10.1. The number of amides is 1. The van der Waals surface area contributed by atoms with E-state index in [-0.39, 0.29) is 6.54 Å². The molecule has 1 heterocycles. The number of carboxylic acids is 1. The zero-order chi connectivity index (χ0) is 21.7. The number of carboxylic acid groups (broad SMARTS) is 1. The molecule has 1 N–H and O–H groups in total. The molecule has 0 radical (unpaired) electrons. The van der Waals surface area contributed by atoms with Gasteiger partial charge in [0, 0.05) is 30.1 Å². The topological polar surface area (TPSA) is 84.7 Å². The molecular formula is C22H22ClN3O4. The van der Waals surface area contributed by atoms with Gasteiger partial charge in [0.25, 0.3) is 0 Å². The molecule has 156 valence electrons. The van der Waals surface area contributed by atoms with E-state index in [9.17, 15) is 9.59 Å². The maximum atomic E-state index is 11.8. The lowest BCUT2D eigenvalue weighted by molar-refractivity contribution is -0.155. The number of likely N-dealkylation sites (N-methyl/N-ethyl adjacent to an activating group) is 1. The first kappa shape index (κ1) is 21.4. The van der Waals surface area contributed by atoms with Crippen LogP contribution in [0, 0.1) is 0 Å². The van der Waals surface area contributed by atoms with Crippen molar-refractivity contribution in [2.75, 3.05) is 20.2 Å². The van der Waals surface area contributed by atoms with Crippen LogP contribution in [0.3, 0.4) is 0 Å². The second-order valence-corrected chi connectivity index (χ2v) is 7.01. The zero-order valence-corrected chi connectivity index (χ0v) is 17.5. The molecule has 3 aromatic rings. The first-order valence-electron chi connectivity index (χ1n) is 9.44. The fourth-order valence-corrected chi connectivity index (χ4v) is 3.21. The highest BCUT2D eigenvalue weighted by Crippen LogP contribution is 2.26. The van der Waals surface area contributed by atoms with Gasteiger partial charge in [-0.15, -0.1) is 0 Å². The van der Waals surface area contributed by atoms with Crippen molar-refractivity contribution < 1.29 is 19.4 Å². The van der Waals surface area contributed by atoms with Crippen LogP contribution < -0.4 is 4.74 Å². The van der Waals surface area contributed by atoms with Gasteiger partial charge in [0.1, 0.15) is 5.75 Å². The van der Waals surface area contributed by atoms with Gasteiger partial charge in [-0.05, 0) is 49.4 Å². The molecule has 1 aromatic heterocycles. The van der Waals surface area contributed by atoms with Crippen molar-refractivity contribution in [3.05, 3.63) is 65.3 Å². The van der Waals surface area contributed by atoms with Gasteiger partial charge in [0.15, 0.2) is 0 Å². The van der Waals surface area contributed by atoms with Crippen molar-refractivity contribution in [2.24, 2.45) is 0 Å². The maximum Gasteiger partial charge on any atom is 0.394 e. The minimum absolute atomic E-state index is 0.265. The van der Waals surface area contributed by atoms with Gasteiger partial charge in [-0.2, -0.15) is 5.10 Å². The molecule has 8 heteroatoms. The van der Waals surface area contributed by atoms with E-state index in [1.807, 2.05) is 59.3 Å². The number of benzene rings is 2. The minimum Gasteiger partial charge on any atom is -0.497 e. The highest BCUT2D eigenvalue weighted by atomic mass is 35.5. The fraction of sp³-hybridized carbons (Fsp3) is 0.227. The SMILES string of the molecule is CCN(CCc1cc(-c2ccc(Cl)cc2)n(-c2ccc(OC)cc2)n1)C(=O)C(=O)O. The minimum atomic E-state index is -1.46. The van der Waals surface area contributed by atoms with Gasteiger partial charge in [0.05, 0.1) is 24.2 Å². The van der Waals surface area contributed by atoms with Crippen molar-refractivity contribution in [2.45, 2.75) is 13.3 Å². The van der Waals surface area contributed by atoms with E-state index in [2.05, 4.69) is 0 Å². The van der Waals surface area contributed by atoms with Gasteiger partial charge in [-0.3, -0.25) is 4.79 Å². The smallest absolute Gasteiger partial charge is 0.394 e. The molecule has 0 spiro atoms. The molecule has 1 amide bonds. The number of carbonyl (C=O) groups excluding carboxylic acids is 1. The highest BCUT2D eigenvalue weighted by Gasteiger charge is 2.20. The number of hydrogen-bond acceptors (Lipinski definition) is 4. The van der Waals surface area contributed by atoms with E-state index < -0.39 is 11.9 Å². The maximum absolute atomic E-state index is 11.8. The Morgan fingerprint density at radius 1 is 1.13 bits per heavy atom. The van der Waals surface area contributed by atoms with Crippen molar-refractivity contribution >= 4 is 23.5 Å². The molecule has 3 rings (SSSR count). The number of nitrogens with zero attached hydrogens (tertiary/aromatic N) is 3. The summed E-state index contributed by atoms with van der Waals surface area (Å²) in [5.41, 5.74) is 3.38. The Balaban J connectivity index is 1.94. The third-order valence-electron chi connectivity index (χ3n) is 4.71. The number of ether oxygens (including phenoxy) is 1. The molecular weight excluding hydrogens is 406 g/mol. The van der Waals surface area contributed by atoms with Gasteiger partial charge in [0.2, 0.25) is 0 Å². The average Bonchev–Trinajstić information content (AvgIpc) is 3.18. The summed E-state index contributed by atoms with van der Waals surface area (Å²) in [6, 6.07) is 16.9. The molecule has 0 aliphatic carbocycles. The quantitative estimate of drug-likeness (QED) is 0.581. The molecule has 7 nitrogen and oxygen atoms in total. The number of aromatic nitrogens is 2. The Labute approximate surface area is 179 Å². The van der Waals surface area contributed by atoms with E-state index in [0.29, 0.717) is 18.0 Å². The van der Waals surface area contributed by atoms with Crippen molar-refractivity contribution in [1.82, 2.24) is 14.7 Å². The fourth-order valence-electron chi connectivity index (χ4n) is 3.09. The van der Waals surface area contributed by atoms with Crippen LogP contribution in [0.25, 0.3) is 16.9 Å². The molecule has 30 heavy (non-hydrogen) atoms. The summed E-state index contributed by atoms with van der Waals surface area (Å²) in [6.07, 6.45) is 0.427. The summed E-state index contributed by atoms with van der Waals surface area (Å²) in [4.78, 5) is 24.1. The second kappa shape index (κ2) is 9.45. The number of methoxy groups -OCH3 is 1. The summed E-state index contributed by atoms with van der Waals surface area (Å²) in [6.45, 7) is 2.33. The van der Waals surface area contributed by atoms with Gasteiger partial charge in [-0.25, -0.2) is 9.48 Å². The molecule has 0 saturated carbocycles. The molecule has 0 aliphatic heterocycles. The van der Waals surface area contributed by atoms with E-state index in [1.165, 1.54) is 4.90 Å². The predicted molar refractivity (Wildman–Crippen MR) is 114 cm³/mol. The van der Waals surface area contributed by atoms with E-state index in [0.717, 1.165) is 28.4 Å². The van der Waals surface area contributed by atoms with Crippen LogP contribution >= 0.6 is 11.6 Å². The standard InChI is InChI=1S/C22H22ClN3O4/c1-3-25(21(27)22(28)29)13-12-17-14-20(15-4-6-16(23)7-5-15)26(24-17)18-8-10-19(30-2)11-9-18/h4-11,14H,3,12-13H2,1-2H3,(H,28,29). The van der Waals surface area contributed by atoms with Gasteiger partial charge < -0.3 is 14.7 Å². The van der Waals surface area contributed by atoms with Crippen molar-refractivity contribution in [3.8, 4) is 22.7 Å². The molecule has 0 atom stereocenters. The van der Waals surface area contributed by atoms with Crippen LogP contribution in [0.15, 0.2) is 54.6 Å². The van der Waals surface area contributed by atoms with E-state index in [1.54, 1.807) is 14.0 Å². The molecule has 0 aliphatic rings. The van der Waals surface area contributed by atoms with Gasteiger partial charge >= 0.3 is 11.9 Å². The number of hydrogen-bond donors (Lipinski definition) is 1. The predicted octanol–water partition coefficient (Wildman–Crippen LogP) is 3.68. The second-order valence-electron chi connectivity index (χ2n) is 6.58. The van der Waals surface area contributed by atoms with E-state index in [4.69, 9.17) is 26.5 Å². The lowest BCUT2D eigenvalue weighted by Gasteiger charge is -2.17. The van der Waals surface area contributed by atoms with Crippen LogP contribution in [-0.4, -0.2) is 51.9 Å². The lowest BCUT2D eigenvalue weighted by Crippen LogP contribution is -2.37. The molecule has 2 aromatic carbocycles. The van der Waals surface area contributed by atoms with Crippen molar-refractivity contribution in [1.29, 1.82) is 0 Å². The van der Waals surface area contributed by atoms with Crippen LogP contribution in [0.2, 0.25) is 5.02 Å². The molecule has 0 unspecified atom stereocenters. The Morgan fingerprint density at radius 2 is 1.80 bits per heavy atom. The summed E-state index contributed by atoms with van der Waals surface area (Å²) in [5.74, 6) is -1.63. The Hall–Kier alpha value is -3.32. The number of halogens is 1. The number of rotatable bonds is 7. The molecule has 0 bridgehead atoms. The highest BCUT2D eigenvalue weighted by molar-refractivity contribution is 6.31. The monoisotopic (exact) mass is 427 g/mol. The summed E-state index contributed by atoms with van der Waals surface area (Å²) in [5, 5.41) is 14.3. The number of carbonyl (C=O) groups is 2. The molecule has 0 fully saturated rings. The molecule has 0 saturated heterocycles. The Kier molecular flexibility index (Phi) is 6.74. The summed E-state index contributed by atoms with van der Waals surface area (Å²) in [7, 11) is 1.61. The van der Waals surface area contributed by atoms with E-state index >= 15 is 0 Å². The van der Waals surface area contributed by atoms with Crippen LogP contribution in [-0.2, 0) is 16.0 Å². The zero-order valence-electron chi connectivity index (χ0n) is 16.7. The third kappa shape index (κ3) is 4.80. The summed E-state index contributed by atoms with van der Waals surface area (Å²) < 4.78 is 7.04. The Morgan fingerprint density at radius 3 is 2.37 bits per heavy atom. The van der Waals surface area contributed by atoms with Gasteiger partial charge in [-0.1, -0.05) is 23.7 Å². The average molecular weight is 428 g/mol. The van der Waals surface area contributed by atoms with Crippen LogP contribution in [0.4, 0.5) is 0 Å². The van der Waals surface area contributed by atoms with Crippen LogP contribution in [0.1, 0.15) is 12.6 Å². The van der Waals surface area contributed by atoms with Crippen molar-refractivity contribution in [3.63, 3.8) is 0 Å². The first-order chi connectivity index (χ1) is 14.4. The Bertz CT molecular complexity index is 1030. The number of aliphatic carboxylic acids is 1. The normalized spacial score (nSPS) is 10.6.